The summed E-state index contributed by atoms with van der Waals surface area (Å²) in [5.74, 6) is -1.52. The first-order valence-electron chi connectivity index (χ1n) is 6.60. The third-order valence-electron chi connectivity index (χ3n) is 2.92. The Hall–Kier alpha value is -2.45. The Bertz CT molecular complexity index is 533. The molecule has 6 N–H and O–H groups in total. The monoisotopic (exact) mass is 309 g/mol. The molecule has 0 aliphatic carbocycles. The lowest BCUT2D eigenvalue weighted by Crippen LogP contribution is -2.54. The van der Waals surface area contributed by atoms with Crippen LogP contribution in [-0.4, -0.2) is 46.6 Å². The summed E-state index contributed by atoms with van der Waals surface area (Å²) in [4.78, 5) is 34.3. The van der Waals surface area contributed by atoms with Crippen molar-refractivity contribution in [3.63, 3.8) is 0 Å². The number of amides is 3. The van der Waals surface area contributed by atoms with Gasteiger partial charge in [-0.1, -0.05) is 30.3 Å². The van der Waals surface area contributed by atoms with Crippen molar-refractivity contribution in [2.24, 2.45) is 5.73 Å². The van der Waals surface area contributed by atoms with Gasteiger partial charge in [-0.25, -0.2) is 4.79 Å². The number of Topliss-reactive ketones (excluding diaryl/α,β-unsaturated/α-hetero) is 1. The van der Waals surface area contributed by atoms with E-state index in [1.165, 1.54) is 6.92 Å². The maximum atomic E-state index is 11.8. The van der Waals surface area contributed by atoms with Gasteiger partial charge in [0.15, 0.2) is 5.78 Å². The minimum atomic E-state index is -1.36. The molecule has 1 aromatic rings. The summed E-state index contributed by atoms with van der Waals surface area (Å²) in [5.41, 5.74) is 5.43. The molecule has 0 heterocycles. The number of urea groups is 1. The van der Waals surface area contributed by atoms with Crippen LogP contribution in [0.15, 0.2) is 30.3 Å². The molecule has 0 aliphatic rings. The van der Waals surface area contributed by atoms with E-state index in [4.69, 9.17) is 5.73 Å². The van der Waals surface area contributed by atoms with Crippen molar-refractivity contribution in [1.82, 2.24) is 10.6 Å². The summed E-state index contributed by atoms with van der Waals surface area (Å²) in [7, 11) is 0. The summed E-state index contributed by atoms with van der Waals surface area (Å²) in [6.45, 7) is 0.854. The highest BCUT2D eigenvalue weighted by molar-refractivity contribution is 5.91. The van der Waals surface area contributed by atoms with E-state index in [2.05, 4.69) is 10.6 Å². The Morgan fingerprint density at radius 2 is 1.77 bits per heavy atom. The number of rotatable bonds is 7. The fourth-order valence-corrected chi connectivity index (χ4v) is 1.71. The standard InChI is InChI=1S/C14H19N3O5/c1-8(18)11(13(15)21)17-14(22)16-7-10(19)12(20)9-5-3-2-4-6-9/h2-6,8,11-12,18,20H,7H2,1H3,(H2,15,21)(H2,16,17,22)/t8?,11-,12-/m0/s1. The molecule has 1 unspecified atom stereocenters. The smallest absolute Gasteiger partial charge is 0.315 e. The van der Waals surface area contributed by atoms with Crippen LogP contribution >= 0.6 is 0 Å². The average Bonchev–Trinajstić information content (AvgIpc) is 2.49. The predicted octanol–water partition coefficient (Wildman–Crippen LogP) is -1.18. The van der Waals surface area contributed by atoms with E-state index in [-0.39, 0.29) is 0 Å². The maximum Gasteiger partial charge on any atom is 0.315 e. The van der Waals surface area contributed by atoms with Gasteiger partial charge in [-0.2, -0.15) is 0 Å². The largest absolute Gasteiger partial charge is 0.391 e. The van der Waals surface area contributed by atoms with Crippen LogP contribution in [0.2, 0.25) is 0 Å². The van der Waals surface area contributed by atoms with Gasteiger partial charge >= 0.3 is 6.03 Å². The van der Waals surface area contributed by atoms with E-state index in [1.54, 1.807) is 30.3 Å². The summed E-state index contributed by atoms with van der Waals surface area (Å²) in [6, 6.07) is 6.13. The van der Waals surface area contributed by atoms with Crippen LogP contribution in [-0.2, 0) is 9.59 Å². The van der Waals surface area contributed by atoms with Crippen molar-refractivity contribution < 1.29 is 24.6 Å². The molecule has 0 spiro atoms. The second-order valence-electron chi connectivity index (χ2n) is 4.73. The molecule has 0 aromatic heterocycles. The van der Waals surface area contributed by atoms with Gasteiger partial charge in [0.1, 0.15) is 12.1 Å². The molecule has 0 bridgehead atoms. The number of hydrogen-bond acceptors (Lipinski definition) is 5. The first-order valence-corrected chi connectivity index (χ1v) is 6.60. The van der Waals surface area contributed by atoms with Gasteiger partial charge < -0.3 is 26.6 Å². The molecule has 0 saturated heterocycles. The number of aliphatic hydroxyl groups excluding tert-OH is 2. The number of benzene rings is 1. The maximum absolute atomic E-state index is 11.8. The Morgan fingerprint density at radius 1 is 1.18 bits per heavy atom. The topological polar surface area (TPSA) is 142 Å². The van der Waals surface area contributed by atoms with E-state index in [0.717, 1.165) is 0 Å². The molecule has 1 rings (SSSR count). The molecule has 0 aliphatic heterocycles. The average molecular weight is 309 g/mol. The Labute approximate surface area is 127 Å². The zero-order chi connectivity index (χ0) is 16.7. The first kappa shape index (κ1) is 17.6. The lowest BCUT2D eigenvalue weighted by atomic mass is 10.1. The highest BCUT2D eigenvalue weighted by atomic mass is 16.3. The minimum absolute atomic E-state index is 0.411. The van der Waals surface area contributed by atoms with E-state index in [0.29, 0.717) is 5.56 Å². The molecule has 8 nitrogen and oxygen atoms in total. The minimum Gasteiger partial charge on any atom is -0.391 e. The van der Waals surface area contributed by atoms with Crippen LogP contribution in [0.25, 0.3) is 0 Å². The van der Waals surface area contributed by atoms with Crippen molar-refractivity contribution in [3.8, 4) is 0 Å². The second-order valence-corrected chi connectivity index (χ2v) is 4.73. The number of primary amides is 1. The lowest BCUT2D eigenvalue weighted by Gasteiger charge is -2.18. The SMILES string of the molecule is CC(O)[C@H](NC(=O)NCC(=O)[C@@H](O)c1ccccc1)C(N)=O. The second kappa shape index (κ2) is 8.11. The molecule has 0 saturated carbocycles. The number of nitrogens with two attached hydrogens (primary N) is 1. The number of ketones is 1. The quantitative estimate of drug-likeness (QED) is 0.431. The van der Waals surface area contributed by atoms with Crippen LogP contribution in [0.3, 0.4) is 0 Å². The van der Waals surface area contributed by atoms with Crippen LogP contribution in [0.4, 0.5) is 4.79 Å². The molecule has 1 aromatic carbocycles. The predicted molar refractivity (Wildman–Crippen MR) is 77.6 cm³/mol. The Kier molecular flexibility index (Phi) is 6.48. The number of aliphatic hydroxyl groups is 2. The highest BCUT2D eigenvalue weighted by Crippen LogP contribution is 2.12. The highest BCUT2D eigenvalue weighted by Gasteiger charge is 2.24. The molecular weight excluding hydrogens is 290 g/mol. The Balaban J connectivity index is 2.50. The van der Waals surface area contributed by atoms with Crippen LogP contribution in [0.1, 0.15) is 18.6 Å². The van der Waals surface area contributed by atoms with Crippen molar-refractivity contribution in [1.29, 1.82) is 0 Å². The molecule has 8 heteroatoms. The van der Waals surface area contributed by atoms with Crippen molar-refractivity contribution >= 4 is 17.7 Å². The fraction of sp³-hybridized carbons (Fsp3) is 0.357. The number of carbonyl (C=O) groups is 3. The van der Waals surface area contributed by atoms with Gasteiger partial charge in [-0.3, -0.25) is 9.59 Å². The number of hydrogen-bond donors (Lipinski definition) is 5. The number of nitrogens with one attached hydrogen (secondary N) is 2. The normalized spacial score (nSPS) is 14.5. The third-order valence-corrected chi connectivity index (χ3v) is 2.92. The van der Waals surface area contributed by atoms with Crippen molar-refractivity contribution in [2.75, 3.05) is 6.54 Å². The molecule has 3 atom stereocenters. The summed E-state index contributed by atoms with van der Waals surface area (Å²) < 4.78 is 0. The van der Waals surface area contributed by atoms with Gasteiger partial charge in [0, 0.05) is 0 Å². The molecule has 120 valence electrons. The summed E-state index contributed by atoms with van der Waals surface area (Å²) in [5, 5.41) is 23.5. The van der Waals surface area contributed by atoms with E-state index in [9.17, 15) is 24.6 Å². The van der Waals surface area contributed by atoms with Gasteiger partial charge in [-0.15, -0.1) is 0 Å². The zero-order valence-corrected chi connectivity index (χ0v) is 12.0. The van der Waals surface area contributed by atoms with Gasteiger partial charge in [-0.05, 0) is 12.5 Å². The zero-order valence-electron chi connectivity index (χ0n) is 12.0. The van der Waals surface area contributed by atoms with E-state index >= 15 is 0 Å². The molecular formula is C14H19N3O5. The summed E-state index contributed by atoms with van der Waals surface area (Å²) in [6.07, 6.45) is -2.53. The van der Waals surface area contributed by atoms with Crippen LogP contribution in [0, 0.1) is 0 Å². The van der Waals surface area contributed by atoms with Crippen LogP contribution < -0.4 is 16.4 Å². The van der Waals surface area contributed by atoms with Crippen molar-refractivity contribution in [3.05, 3.63) is 35.9 Å². The molecule has 0 fully saturated rings. The van der Waals surface area contributed by atoms with Crippen LogP contribution in [0.5, 0.6) is 0 Å². The Morgan fingerprint density at radius 3 is 2.27 bits per heavy atom. The van der Waals surface area contributed by atoms with Gasteiger partial charge in [0.2, 0.25) is 5.91 Å². The van der Waals surface area contributed by atoms with E-state index in [1.807, 2.05) is 0 Å². The van der Waals surface area contributed by atoms with Gasteiger partial charge in [0.05, 0.1) is 12.6 Å². The van der Waals surface area contributed by atoms with Crippen molar-refractivity contribution in [2.45, 2.75) is 25.2 Å². The summed E-state index contributed by atoms with van der Waals surface area (Å²) >= 11 is 0. The third kappa shape index (κ3) is 5.15. The van der Waals surface area contributed by atoms with E-state index < -0.39 is 42.5 Å². The van der Waals surface area contributed by atoms with Gasteiger partial charge in [0.25, 0.3) is 0 Å². The lowest BCUT2D eigenvalue weighted by molar-refractivity contribution is -0.126. The molecule has 3 amide bonds. The number of carbonyl (C=O) groups excluding carboxylic acids is 3. The molecule has 22 heavy (non-hydrogen) atoms. The first-order chi connectivity index (χ1) is 10.3. The fourth-order valence-electron chi connectivity index (χ4n) is 1.71. The molecule has 0 radical (unpaired) electrons.